The number of nitriles is 1. The molecule has 1 aromatic carbocycles. The summed E-state index contributed by atoms with van der Waals surface area (Å²) in [5.74, 6) is 0.102. The fraction of sp³-hybridized carbons (Fsp3) is 0.474. The van der Waals surface area contributed by atoms with Gasteiger partial charge in [0.1, 0.15) is 6.04 Å². The average Bonchev–Trinajstić information content (AvgIpc) is 3.35. The number of rotatable bonds is 4. The van der Waals surface area contributed by atoms with Crippen LogP contribution in [0.5, 0.6) is 0 Å². The highest BCUT2D eigenvalue weighted by atomic mass is 32.1. The maximum absolute atomic E-state index is 12.5. The number of amides is 1. The minimum Gasteiger partial charge on any atom is -0.380 e. The van der Waals surface area contributed by atoms with Gasteiger partial charge in [-0.3, -0.25) is 9.69 Å². The second-order valence-electron chi connectivity index (χ2n) is 6.88. The normalized spacial score (nSPS) is 23.9. The molecule has 2 aliphatic heterocycles. The molecule has 1 aromatic heterocycles. The third kappa shape index (κ3) is 3.35. The van der Waals surface area contributed by atoms with Crippen molar-refractivity contribution in [2.45, 2.75) is 31.3 Å². The molecule has 2 fully saturated rings. The Hall–Kier alpha value is -2.10. The quantitative estimate of drug-likeness (QED) is 0.917. The van der Waals surface area contributed by atoms with Crippen LogP contribution < -0.4 is 5.32 Å². The van der Waals surface area contributed by atoms with Gasteiger partial charge in [-0.15, -0.1) is 11.3 Å². The van der Waals surface area contributed by atoms with Crippen LogP contribution >= 0.6 is 11.3 Å². The largest absolute Gasteiger partial charge is 0.380 e. The van der Waals surface area contributed by atoms with Crippen molar-refractivity contribution in [3.05, 3.63) is 29.6 Å². The Morgan fingerprint density at radius 2 is 2.24 bits per heavy atom. The number of nitrogens with zero attached hydrogens (tertiary/aromatic N) is 3. The van der Waals surface area contributed by atoms with Gasteiger partial charge in [-0.05, 0) is 42.2 Å². The molecule has 0 saturated carbocycles. The molecule has 0 bridgehead atoms. The van der Waals surface area contributed by atoms with Crippen molar-refractivity contribution in [2.24, 2.45) is 0 Å². The van der Waals surface area contributed by atoms with Crippen LogP contribution in [0.1, 0.15) is 19.3 Å². The van der Waals surface area contributed by atoms with Crippen LogP contribution in [-0.2, 0) is 4.79 Å². The van der Waals surface area contributed by atoms with Crippen LogP contribution in [0, 0.1) is 11.3 Å². The predicted molar refractivity (Wildman–Crippen MR) is 101 cm³/mol. The van der Waals surface area contributed by atoms with Crippen molar-refractivity contribution in [1.82, 2.24) is 9.80 Å². The van der Waals surface area contributed by atoms with Crippen LogP contribution in [0.4, 0.5) is 5.69 Å². The summed E-state index contributed by atoms with van der Waals surface area (Å²) >= 11 is 1.76. The Morgan fingerprint density at radius 1 is 1.32 bits per heavy atom. The zero-order chi connectivity index (χ0) is 17.2. The maximum Gasteiger partial charge on any atom is 0.237 e. The van der Waals surface area contributed by atoms with Crippen molar-refractivity contribution in [2.75, 3.05) is 31.5 Å². The molecule has 1 unspecified atom stereocenters. The summed E-state index contributed by atoms with van der Waals surface area (Å²) in [7, 11) is 0. The molecule has 0 spiro atoms. The topological polar surface area (TPSA) is 59.4 Å². The lowest BCUT2D eigenvalue weighted by atomic mass is 10.2. The summed E-state index contributed by atoms with van der Waals surface area (Å²) in [5.41, 5.74) is 1.19. The van der Waals surface area contributed by atoms with Crippen molar-refractivity contribution < 1.29 is 4.79 Å². The van der Waals surface area contributed by atoms with Crippen molar-refractivity contribution in [3.63, 3.8) is 0 Å². The first-order valence-corrected chi connectivity index (χ1v) is 9.77. The number of hydrogen-bond acceptors (Lipinski definition) is 5. The van der Waals surface area contributed by atoms with E-state index in [-0.39, 0.29) is 11.9 Å². The highest BCUT2D eigenvalue weighted by Gasteiger charge is 2.31. The molecule has 1 N–H and O–H groups in total. The molecule has 5 nitrogen and oxygen atoms in total. The lowest BCUT2D eigenvalue weighted by Gasteiger charge is -2.23. The SMILES string of the molecule is N#CC1CCCN1C(=O)CN1CC[C@@H](Nc2cccc3ccsc23)C1. The van der Waals surface area contributed by atoms with E-state index in [4.69, 9.17) is 5.26 Å². The van der Waals surface area contributed by atoms with Crippen molar-refractivity contribution in [1.29, 1.82) is 5.26 Å². The minimum atomic E-state index is -0.222. The third-order valence-corrected chi connectivity index (χ3v) is 6.16. The predicted octanol–water partition coefficient (Wildman–Crippen LogP) is 2.90. The van der Waals surface area contributed by atoms with Gasteiger partial charge in [0.05, 0.1) is 23.0 Å². The summed E-state index contributed by atoms with van der Waals surface area (Å²) in [6.45, 7) is 2.96. The van der Waals surface area contributed by atoms with Gasteiger partial charge >= 0.3 is 0 Å². The third-order valence-electron chi connectivity index (χ3n) is 5.19. The summed E-state index contributed by atoms with van der Waals surface area (Å²) < 4.78 is 1.30. The van der Waals surface area contributed by atoms with E-state index in [9.17, 15) is 4.79 Å². The summed E-state index contributed by atoms with van der Waals surface area (Å²) in [4.78, 5) is 16.5. The minimum absolute atomic E-state index is 0.102. The van der Waals surface area contributed by atoms with Gasteiger partial charge in [0.2, 0.25) is 5.91 Å². The first kappa shape index (κ1) is 16.4. The summed E-state index contributed by atoms with van der Waals surface area (Å²) in [6, 6.07) is 10.9. The van der Waals surface area contributed by atoms with Gasteiger partial charge in [-0.2, -0.15) is 5.26 Å². The van der Waals surface area contributed by atoms with E-state index in [0.29, 0.717) is 12.6 Å². The Kier molecular flexibility index (Phi) is 4.60. The van der Waals surface area contributed by atoms with E-state index in [2.05, 4.69) is 45.9 Å². The zero-order valence-corrected chi connectivity index (χ0v) is 15.0. The Balaban J connectivity index is 1.35. The fourth-order valence-corrected chi connectivity index (χ4v) is 4.78. The molecule has 2 aliphatic rings. The average molecular weight is 354 g/mol. The lowest BCUT2D eigenvalue weighted by Crippen LogP contribution is -2.42. The molecular formula is C19H22N4OS. The molecule has 2 atom stereocenters. The first-order valence-electron chi connectivity index (χ1n) is 8.89. The number of nitrogens with one attached hydrogen (secondary N) is 1. The molecule has 130 valence electrons. The van der Waals surface area contributed by atoms with E-state index in [1.165, 1.54) is 15.8 Å². The number of carbonyl (C=O) groups is 1. The van der Waals surface area contributed by atoms with Gasteiger partial charge in [0.15, 0.2) is 0 Å². The van der Waals surface area contributed by atoms with Gasteiger partial charge in [0, 0.05) is 25.7 Å². The van der Waals surface area contributed by atoms with Crippen molar-refractivity contribution in [3.8, 4) is 6.07 Å². The molecule has 3 heterocycles. The zero-order valence-electron chi connectivity index (χ0n) is 14.1. The van der Waals surface area contributed by atoms with Crippen LogP contribution in [-0.4, -0.2) is 54.0 Å². The van der Waals surface area contributed by atoms with Gasteiger partial charge in [-0.1, -0.05) is 12.1 Å². The van der Waals surface area contributed by atoms with Crippen LogP contribution in [0.3, 0.4) is 0 Å². The van der Waals surface area contributed by atoms with E-state index in [1.807, 2.05) is 0 Å². The highest BCUT2D eigenvalue weighted by molar-refractivity contribution is 7.17. The second-order valence-corrected chi connectivity index (χ2v) is 7.80. The fourth-order valence-electron chi connectivity index (χ4n) is 3.90. The van der Waals surface area contributed by atoms with Crippen LogP contribution in [0.2, 0.25) is 0 Å². The van der Waals surface area contributed by atoms with Gasteiger partial charge < -0.3 is 10.2 Å². The molecule has 0 aliphatic carbocycles. The Bertz CT molecular complexity index is 811. The number of hydrogen-bond donors (Lipinski definition) is 1. The van der Waals surface area contributed by atoms with E-state index in [0.717, 1.165) is 38.9 Å². The number of fused-ring (bicyclic) bond motifs is 1. The number of anilines is 1. The standard InChI is InChI=1S/C19H22N4OS/c20-11-16-4-2-8-23(16)18(24)13-22-9-6-15(12-22)21-17-5-1-3-14-7-10-25-19(14)17/h1,3,5,7,10,15-16,21H,2,4,6,8-9,12-13H2/t15-,16?/m1/s1. The molecule has 6 heteroatoms. The summed E-state index contributed by atoms with van der Waals surface area (Å²) in [6.07, 6.45) is 2.80. The highest BCUT2D eigenvalue weighted by Crippen LogP contribution is 2.30. The Labute approximate surface area is 151 Å². The monoisotopic (exact) mass is 354 g/mol. The summed E-state index contributed by atoms with van der Waals surface area (Å²) in [5, 5.41) is 16.2. The van der Waals surface area contributed by atoms with Crippen LogP contribution in [0.15, 0.2) is 29.6 Å². The molecular weight excluding hydrogens is 332 g/mol. The van der Waals surface area contributed by atoms with E-state index in [1.54, 1.807) is 16.2 Å². The smallest absolute Gasteiger partial charge is 0.237 e. The molecule has 25 heavy (non-hydrogen) atoms. The number of benzene rings is 1. The molecule has 2 saturated heterocycles. The Morgan fingerprint density at radius 3 is 3.12 bits per heavy atom. The van der Waals surface area contributed by atoms with Gasteiger partial charge in [-0.25, -0.2) is 0 Å². The number of likely N-dealkylation sites (tertiary alicyclic amines) is 2. The molecule has 2 aromatic rings. The van der Waals surface area contributed by atoms with E-state index < -0.39 is 0 Å². The van der Waals surface area contributed by atoms with E-state index >= 15 is 0 Å². The molecule has 4 rings (SSSR count). The van der Waals surface area contributed by atoms with Crippen molar-refractivity contribution >= 4 is 33.0 Å². The second kappa shape index (κ2) is 7.03. The number of carbonyl (C=O) groups excluding carboxylic acids is 1. The lowest BCUT2D eigenvalue weighted by molar-refractivity contribution is -0.132. The van der Waals surface area contributed by atoms with Crippen LogP contribution in [0.25, 0.3) is 10.1 Å². The molecule has 1 amide bonds. The maximum atomic E-state index is 12.5. The number of thiophene rings is 1. The first-order chi connectivity index (χ1) is 12.2. The van der Waals surface area contributed by atoms with Gasteiger partial charge in [0.25, 0.3) is 0 Å². The molecule has 0 radical (unpaired) electrons.